The average Bonchev–Trinajstić information content (AvgIpc) is 2.71. The number of ether oxygens (including phenoxy) is 1. The van der Waals surface area contributed by atoms with Gasteiger partial charge in [0, 0.05) is 14.1 Å². The second kappa shape index (κ2) is 17.0. The minimum absolute atomic E-state index is 0.0658. The number of nitrogens with zero attached hydrogens (tertiary/aromatic N) is 1. The maximum atomic E-state index is 12.7. The van der Waals surface area contributed by atoms with Gasteiger partial charge in [0.15, 0.2) is 4.91 Å². The number of aryl methyl sites for hydroxylation is 1. The third-order valence-corrected chi connectivity index (χ3v) is 4.87. The highest BCUT2D eigenvalue weighted by Crippen LogP contribution is 2.24. The fraction of sp³-hybridized carbons (Fsp3) is 0.500. The van der Waals surface area contributed by atoms with Crippen molar-refractivity contribution in [3.63, 3.8) is 0 Å². The lowest BCUT2D eigenvalue weighted by Gasteiger charge is -2.11. The van der Waals surface area contributed by atoms with Crippen LogP contribution in [0.4, 0.5) is 0 Å². The summed E-state index contributed by atoms with van der Waals surface area (Å²) in [6, 6.07) is 6.34. The molecule has 0 N–H and O–H groups in total. The van der Waals surface area contributed by atoms with Crippen LogP contribution in [0.15, 0.2) is 51.9 Å². The Morgan fingerprint density at radius 1 is 0.964 bits per heavy atom. The summed E-state index contributed by atoms with van der Waals surface area (Å²) in [7, 11) is 0.825. The number of methoxy groups -OCH3 is 1. The molecule has 0 heterocycles. The second-order valence-electron chi connectivity index (χ2n) is 5.10. The highest BCUT2D eigenvalue weighted by atomic mass is 32.2. The average molecular weight is 414 g/mol. The molecule has 6 heteroatoms. The molecular formula is C22H39NO4S. The van der Waals surface area contributed by atoms with E-state index in [4.69, 9.17) is 0 Å². The molecular weight excluding hydrogens is 374 g/mol. The molecule has 0 atom stereocenters. The molecule has 1 rings (SSSR count). The SMILES string of the molecule is CC.CC.CC.COC(=O)/C(=C(C)/C=C/N(C)C)S(=O)(=O)c1ccc(C)cc1. The van der Waals surface area contributed by atoms with E-state index in [-0.39, 0.29) is 9.80 Å². The monoisotopic (exact) mass is 413 g/mol. The predicted molar refractivity (Wildman–Crippen MR) is 120 cm³/mol. The summed E-state index contributed by atoms with van der Waals surface area (Å²) in [5.41, 5.74) is 1.26. The van der Waals surface area contributed by atoms with Gasteiger partial charge in [-0.15, -0.1) is 0 Å². The van der Waals surface area contributed by atoms with Gasteiger partial charge in [-0.25, -0.2) is 13.2 Å². The van der Waals surface area contributed by atoms with Crippen molar-refractivity contribution in [3.05, 3.63) is 52.6 Å². The van der Waals surface area contributed by atoms with Crippen LogP contribution in [0.5, 0.6) is 0 Å². The van der Waals surface area contributed by atoms with Gasteiger partial charge in [0.1, 0.15) is 0 Å². The minimum Gasteiger partial charge on any atom is -0.465 e. The summed E-state index contributed by atoms with van der Waals surface area (Å²) in [6.07, 6.45) is 3.24. The molecule has 0 unspecified atom stereocenters. The zero-order valence-electron chi connectivity index (χ0n) is 19.5. The van der Waals surface area contributed by atoms with Crippen LogP contribution in [0, 0.1) is 6.92 Å². The van der Waals surface area contributed by atoms with Gasteiger partial charge in [0.05, 0.1) is 12.0 Å². The topological polar surface area (TPSA) is 63.7 Å². The Morgan fingerprint density at radius 3 is 1.75 bits per heavy atom. The first-order valence-electron chi connectivity index (χ1n) is 9.65. The van der Waals surface area contributed by atoms with Crippen molar-refractivity contribution in [2.75, 3.05) is 21.2 Å². The summed E-state index contributed by atoms with van der Waals surface area (Å²) in [6.45, 7) is 15.4. The number of hydrogen-bond acceptors (Lipinski definition) is 5. The van der Waals surface area contributed by atoms with Crippen molar-refractivity contribution < 1.29 is 17.9 Å². The highest BCUT2D eigenvalue weighted by Gasteiger charge is 2.29. The standard InChI is InChI=1S/C16H21NO4S.3C2H6/c1-12-6-8-14(9-7-12)22(19,20)15(16(18)21-5)13(2)10-11-17(3)4;3*1-2/h6-11H,1-5H3;3*1-2H3/b11-10+,15-13-;;;. The molecule has 0 aliphatic carbocycles. The quantitative estimate of drug-likeness (QED) is 0.369. The Kier molecular flexibility index (Phi) is 18.7. The Morgan fingerprint density at radius 2 is 1.39 bits per heavy atom. The summed E-state index contributed by atoms with van der Waals surface area (Å²) in [5.74, 6) is -0.874. The van der Waals surface area contributed by atoms with Gasteiger partial charge >= 0.3 is 5.97 Å². The van der Waals surface area contributed by atoms with Crippen LogP contribution < -0.4 is 0 Å². The molecule has 0 amide bonds. The summed E-state index contributed by atoms with van der Waals surface area (Å²) >= 11 is 0. The van der Waals surface area contributed by atoms with Crippen LogP contribution >= 0.6 is 0 Å². The Balaban J connectivity index is -0.000000946. The molecule has 0 bridgehead atoms. The number of hydrogen-bond donors (Lipinski definition) is 0. The lowest BCUT2D eigenvalue weighted by molar-refractivity contribution is -0.135. The maximum Gasteiger partial charge on any atom is 0.350 e. The number of sulfone groups is 1. The number of rotatable bonds is 5. The van der Waals surface area contributed by atoms with Gasteiger partial charge in [-0.2, -0.15) is 0 Å². The Labute approximate surface area is 173 Å². The first kappa shape index (κ1) is 30.6. The van der Waals surface area contributed by atoms with Crippen molar-refractivity contribution in [1.82, 2.24) is 4.90 Å². The number of esters is 1. The fourth-order valence-electron chi connectivity index (χ4n) is 1.75. The molecule has 0 saturated heterocycles. The molecule has 0 aliphatic rings. The van der Waals surface area contributed by atoms with Gasteiger partial charge < -0.3 is 9.64 Å². The zero-order valence-corrected chi connectivity index (χ0v) is 20.3. The molecule has 0 aromatic heterocycles. The van der Waals surface area contributed by atoms with Gasteiger partial charge in [-0.1, -0.05) is 59.2 Å². The number of allylic oxidation sites excluding steroid dienone is 2. The van der Waals surface area contributed by atoms with E-state index >= 15 is 0 Å². The minimum atomic E-state index is -3.94. The van der Waals surface area contributed by atoms with Crippen LogP contribution in [0.25, 0.3) is 0 Å². The Hall–Kier alpha value is -2.08. The van der Waals surface area contributed by atoms with Gasteiger partial charge in [0.2, 0.25) is 9.84 Å². The van der Waals surface area contributed by atoms with Gasteiger partial charge in [-0.05, 0) is 43.8 Å². The number of benzene rings is 1. The van der Waals surface area contributed by atoms with E-state index in [0.29, 0.717) is 5.57 Å². The molecule has 162 valence electrons. The van der Waals surface area contributed by atoms with E-state index in [0.717, 1.165) is 12.7 Å². The van der Waals surface area contributed by atoms with Crippen molar-refractivity contribution in [2.45, 2.75) is 60.3 Å². The Bertz CT molecular complexity index is 701. The van der Waals surface area contributed by atoms with Crippen LogP contribution in [0.1, 0.15) is 54.0 Å². The third-order valence-electron chi connectivity index (χ3n) is 2.95. The van der Waals surface area contributed by atoms with Crippen LogP contribution in [0.3, 0.4) is 0 Å². The lowest BCUT2D eigenvalue weighted by atomic mass is 10.2. The number of carbonyl (C=O) groups is 1. The molecule has 0 radical (unpaired) electrons. The molecule has 1 aromatic carbocycles. The third kappa shape index (κ3) is 10.3. The predicted octanol–water partition coefficient (Wildman–Crippen LogP) is 5.37. The second-order valence-corrected chi connectivity index (χ2v) is 6.99. The first-order valence-corrected chi connectivity index (χ1v) is 11.1. The highest BCUT2D eigenvalue weighted by molar-refractivity contribution is 7.96. The molecule has 0 aliphatic heterocycles. The van der Waals surface area contributed by atoms with Gasteiger partial charge in [0.25, 0.3) is 0 Å². The zero-order chi connectivity index (χ0) is 22.9. The number of carbonyl (C=O) groups excluding carboxylic acids is 1. The van der Waals surface area contributed by atoms with E-state index in [9.17, 15) is 13.2 Å². The van der Waals surface area contributed by atoms with Crippen LogP contribution in [-0.4, -0.2) is 40.5 Å². The van der Waals surface area contributed by atoms with Crippen molar-refractivity contribution in [3.8, 4) is 0 Å². The normalized spacial score (nSPS) is 10.8. The van der Waals surface area contributed by atoms with Gasteiger partial charge in [-0.3, -0.25) is 0 Å². The summed E-state index contributed by atoms with van der Waals surface area (Å²) in [5, 5.41) is 0. The van der Waals surface area contributed by atoms with Crippen molar-refractivity contribution in [1.29, 1.82) is 0 Å². The van der Waals surface area contributed by atoms with E-state index in [1.165, 1.54) is 12.1 Å². The van der Waals surface area contributed by atoms with Crippen molar-refractivity contribution in [2.24, 2.45) is 0 Å². The summed E-state index contributed by atoms with van der Waals surface area (Å²) < 4.78 is 30.1. The molecule has 1 aromatic rings. The lowest BCUT2D eigenvalue weighted by Crippen LogP contribution is -2.17. The maximum absolute atomic E-state index is 12.7. The van der Waals surface area contributed by atoms with E-state index in [1.807, 2.05) is 48.5 Å². The smallest absolute Gasteiger partial charge is 0.350 e. The molecule has 0 saturated carbocycles. The fourth-order valence-corrected chi connectivity index (χ4v) is 3.27. The van der Waals surface area contributed by atoms with Crippen LogP contribution in [-0.2, 0) is 19.4 Å². The first-order chi connectivity index (χ1) is 13.2. The van der Waals surface area contributed by atoms with E-state index < -0.39 is 15.8 Å². The van der Waals surface area contributed by atoms with Crippen molar-refractivity contribution >= 4 is 15.8 Å². The largest absolute Gasteiger partial charge is 0.465 e. The molecule has 5 nitrogen and oxygen atoms in total. The van der Waals surface area contributed by atoms with E-state index in [2.05, 4.69) is 4.74 Å². The molecule has 28 heavy (non-hydrogen) atoms. The molecule has 0 spiro atoms. The molecule has 0 fully saturated rings. The van der Waals surface area contributed by atoms with E-state index in [1.54, 1.807) is 50.3 Å². The van der Waals surface area contributed by atoms with Crippen LogP contribution in [0.2, 0.25) is 0 Å². The summed E-state index contributed by atoms with van der Waals surface area (Å²) in [4.78, 5) is 13.4.